The molecule has 0 aliphatic heterocycles. The van der Waals surface area contributed by atoms with Crippen LogP contribution in [-0.4, -0.2) is 157 Å². The van der Waals surface area contributed by atoms with Gasteiger partial charge in [-0.15, -0.1) is 0 Å². The van der Waals surface area contributed by atoms with Crippen molar-refractivity contribution in [3.63, 3.8) is 0 Å². The number of ether oxygens (including phenoxy) is 4. The van der Waals surface area contributed by atoms with Crippen LogP contribution in [0.15, 0.2) is 146 Å². The summed E-state index contributed by atoms with van der Waals surface area (Å²) in [5.41, 5.74) is 0.382. The molecule has 6 aromatic rings. The number of hydrogen-bond acceptors (Lipinski definition) is 15. The van der Waals surface area contributed by atoms with E-state index in [0.29, 0.717) is 23.4 Å². The lowest BCUT2D eigenvalue weighted by Gasteiger charge is -2.37. The van der Waals surface area contributed by atoms with E-state index < -0.39 is 142 Å². The molecule has 0 aliphatic carbocycles. The number of nitrogens with one attached hydrogen (secondary N) is 8. The number of benzene rings is 4. The molecule has 0 unspecified atom stereocenters. The van der Waals surface area contributed by atoms with Gasteiger partial charge in [-0.1, -0.05) is 155 Å². The van der Waals surface area contributed by atoms with Crippen LogP contribution in [0.2, 0.25) is 0 Å². The van der Waals surface area contributed by atoms with Crippen LogP contribution in [0, 0.1) is 11.8 Å². The maximum absolute atomic E-state index is 15.6. The Balaban J connectivity index is 1.41. The molecule has 0 fully saturated rings. The molecule has 11 atom stereocenters. The molecule has 552 valence electrons. The maximum Gasteiger partial charge on any atom is 0.408 e. The van der Waals surface area contributed by atoms with Crippen LogP contribution in [-0.2, 0) is 89.2 Å². The number of rotatable bonds is 33. The fourth-order valence-electron chi connectivity index (χ4n) is 11.9. The summed E-state index contributed by atoms with van der Waals surface area (Å²) in [6, 6.07) is 27.3. The van der Waals surface area contributed by atoms with E-state index in [1.165, 1.54) is 20.4 Å². The van der Waals surface area contributed by atoms with Gasteiger partial charge in [0.25, 0.3) is 0 Å². The Morgan fingerprint density at radius 1 is 0.441 bits per heavy atom. The van der Waals surface area contributed by atoms with Crippen LogP contribution in [0.4, 0.5) is 4.79 Å². The van der Waals surface area contributed by atoms with Gasteiger partial charge >= 0.3 is 12.1 Å². The number of alkyl carbamates (subject to hydrolysis) is 1. The van der Waals surface area contributed by atoms with E-state index in [0.717, 1.165) is 16.7 Å². The molecule has 25 nitrogen and oxygen atoms in total. The summed E-state index contributed by atoms with van der Waals surface area (Å²) in [6.45, 7) is 27.3. The van der Waals surface area contributed by atoms with E-state index in [9.17, 15) is 28.8 Å². The first-order chi connectivity index (χ1) is 47.9. The average Bonchev–Trinajstić information content (AvgIpc) is 1.30. The normalized spacial score (nSPS) is 15.2. The van der Waals surface area contributed by atoms with Gasteiger partial charge in [0, 0.05) is 38.7 Å². The highest BCUT2D eigenvalue weighted by Crippen LogP contribution is 2.41. The number of esters is 1. The van der Waals surface area contributed by atoms with Gasteiger partial charge in [0.15, 0.2) is 0 Å². The Morgan fingerprint density at radius 3 is 1.27 bits per heavy atom. The van der Waals surface area contributed by atoms with Crippen LogP contribution >= 0.6 is 0 Å². The summed E-state index contributed by atoms with van der Waals surface area (Å²) in [6.07, 6.45) is 3.74. The Morgan fingerprint density at radius 2 is 0.833 bits per heavy atom. The molecule has 0 aliphatic rings. The zero-order valence-corrected chi connectivity index (χ0v) is 62.2. The second kappa shape index (κ2) is 36.2. The highest BCUT2D eigenvalue weighted by Gasteiger charge is 2.42. The van der Waals surface area contributed by atoms with Gasteiger partial charge in [-0.2, -0.15) is 0 Å². The first kappa shape index (κ1) is 81.2. The van der Waals surface area contributed by atoms with E-state index in [2.05, 4.69) is 47.5 Å². The van der Waals surface area contributed by atoms with Crippen LogP contribution in [0.1, 0.15) is 151 Å². The third-order valence-electron chi connectivity index (χ3n) is 16.9. The molecule has 0 spiro atoms. The number of carbonyl (C=O) groups is 9. The van der Waals surface area contributed by atoms with Gasteiger partial charge in [0.1, 0.15) is 59.5 Å². The fraction of sp³-hybridized carbons (Fsp3) is 0.494. The summed E-state index contributed by atoms with van der Waals surface area (Å²) in [4.78, 5) is 140. The minimum absolute atomic E-state index is 0.102. The number of carbonyl (C=O) groups excluding carboxylic acids is 9. The predicted octanol–water partition coefficient (Wildman–Crippen LogP) is 7.07. The second-order valence-electron chi connectivity index (χ2n) is 29.2. The van der Waals surface area contributed by atoms with Gasteiger partial charge in [-0.25, -0.2) is 19.6 Å². The summed E-state index contributed by atoms with van der Waals surface area (Å²) in [7, 11) is 2.96. The SMILES string of the molecule is CC[C@H](C)[C@H](NC(=O)[C@@H](NC(=O)[C@@H](C)NC(=O)[C@@H](Cc1ccccc1)NC(=O)[C@H](Cc1cn(C(c2ccccc2)(c2ccccc2)c2ccccc2)cn1)NC(=O)[C@H](NC(=O)[C@@H](NC(=O)[C@H](Cc1cn(C)cn1)NC(=O)OC(C)(C)C)[C@@H](C)OC(C)(C)C)C(C)C)[C@@H](C)OC(C)(C)C)C(=O)OC. The largest absolute Gasteiger partial charge is 0.467 e. The van der Waals surface area contributed by atoms with Crippen molar-refractivity contribution in [2.75, 3.05) is 7.11 Å². The van der Waals surface area contributed by atoms with Gasteiger partial charge < -0.3 is 70.6 Å². The number of amides is 8. The third-order valence-corrected chi connectivity index (χ3v) is 16.9. The van der Waals surface area contributed by atoms with Crippen molar-refractivity contribution in [2.45, 2.75) is 219 Å². The van der Waals surface area contributed by atoms with Crippen LogP contribution in [0.5, 0.6) is 0 Å². The quantitative estimate of drug-likeness (QED) is 0.0151. The summed E-state index contributed by atoms with van der Waals surface area (Å²) in [5, 5.41) is 22.3. The fourth-order valence-corrected chi connectivity index (χ4v) is 11.9. The molecule has 2 heterocycles. The average molecular weight is 1410 g/mol. The first-order valence-corrected chi connectivity index (χ1v) is 34.7. The zero-order valence-electron chi connectivity index (χ0n) is 62.2. The van der Waals surface area contributed by atoms with E-state index in [1.807, 2.05) is 102 Å². The van der Waals surface area contributed by atoms with Crippen LogP contribution in [0.3, 0.4) is 0 Å². The monoisotopic (exact) mass is 1410 g/mol. The lowest BCUT2D eigenvalue weighted by molar-refractivity contribution is -0.148. The van der Waals surface area contributed by atoms with Gasteiger partial charge in [0.2, 0.25) is 41.4 Å². The molecular weight excluding hydrogens is 1300 g/mol. The number of aromatic nitrogens is 4. The Kier molecular flexibility index (Phi) is 28.8. The molecule has 102 heavy (non-hydrogen) atoms. The summed E-state index contributed by atoms with van der Waals surface area (Å²) < 4.78 is 26.7. The molecular formula is C77H106N12O13. The number of nitrogens with zero attached hydrogens (tertiary/aromatic N) is 4. The van der Waals surface area contributed by atoms with E-state index in [4.69, 9.17) is 23.9 Å². The topological polar surface area (TPSA) is 322 Å². The van der Waals surface area contributed by atoms with Crippen molar-refractivity contribution < 1.29 is 62.1 Å². The maximum atomic E-state index is 15.6. The van der Waals surface area contributed by atoms with Crippen molar-refractivity contribution in [2.24, 2.45) is 18.9 Å². The number of methoxy groups -OCH3 is 1. The lowest BCUT2D eigenvalue weighted by Crippen LogP contribution is -2.63. The molecule has 2 aromatic heterocycles. The molecule has 8 N–H and O–H groups in total. The highest BCUT2D eigenvalue weighted by molar-refractivity contribution is 5.98. The van der Waals surface area contributed by atoms with Crippen LogP contribution in [0.25, 0.3) is 0 Å². The van der Waals surface area contributed by atoms with Crippen molar-refractivity contribution in [1.82, 2.24) is 61.6 Å². The molecule has 0 bridgehead atoms. The Bertz CT molecular complexity index is 3660. The minimum Gasteiger partial charge on any atom is -0.467 e. The molecule has 0 radical (unpaired) electrons. The second-order valence-corrected chi connectivity index (χ2v) is 29.2. The van der Waals surface area contributed by atoms with E-state index in [1.54, 1.807) is 158 Å². The van der Waals surface area contributed by atoms with Gasteiger partial charge in [-0.05, 0) is 117 Å². The van der Waals surface area contributed by atoms with E-state index in [-0.39, 0.29) is 25.2 Å². The third kappa shape index (κ3) is 23.4. The molecule has 6 rings (SSSR count). The molecule has 0 saturated heterocycles. The predicted molar refractivity (Wildman–Crippen MR) is 387 cm³/mol. The van der Waals surface area contributed by atoms with Gasteiger partial charge in [0.05, 0.1) is 54.6 Å². The van der Waals surface area contributed by atoms with Crippen LogP contribution < -0.4 is 42.5 Å². The smallest absolute Gasteiger partial charge is 0.408 e. The van der Waals surface area contributed by atoms with Crippen molar-refractivity contribution in [3.8, 4) is 0 Å². The molecule has 4 aromatic carbocycles. The summed E-state index contributed by atoms with van der Waals surface area (Å²) >= 11 is 0. The Hall–Kier alpha value is -9.75. The highest BCUT2D eigenvalue weighted by atomic mass is 16.6. The number of hydrogen-bond donors (Lipinski definition) is 8. The zero-order chi connectivity index (χ0) is 75.4. The Labute approximate surface area is 599 Å². The molecule has 0 saturated carbocycles. The number of imidazole rings is 2. The van der Waals surface area contributed by atoms with Crippen molar-refractivity contribution >= 4 is 53.4 Å². The minimum atomic E-state index is -1.55. The number of aryl methyl sites for hydroxylation is 1. The first-order valence-electron chi connectivity index (χ1n) is 34.7. The van der Waals surface area contributed by atoms with Gasteiger partial charge in [-0.3, -0.25) is 33.6 Å². The van der Waals surface area contributed by atoms with Crippen molar-refractivity contribution in [3.05, 3.63) is 180 Å². The standard InChI is InChI=1S/C77H106N12O13/c1-19-48(4)62(72(97)99-18)85-71(96)63(50(6)100-74(8,9)10)86-65(90)49(5)80-66(91)58(40-52-32-24-20-25-33-52)81-67(92)59(42-57-44-89(46-79-57)77(53-34-26-21-27-35-53,54-36-28-22-29-37-54)55-38-30-23-31-39-55)82-69(94)61(47(2)3)84-70(95)64(51(7)101-75(11,12)13)87-68(93)60(41-56-43-88(17)45-78-56)83-73(98)102-76(14,15)16/h20-39,43-51,58-64H,19,40-42H2,1-18H3,(H,80,91)(H,81,92)(H,82,94)(H,83,98)(H,84,95)(H,85,96)(H,86,90)(H,87,93)/t48-,49+,50+,51+,58+,59-,60-,61+,62-,63-,64-/m0/s1. The lowest BCUT2D eigenvalue weighted by atomic mass is 9.77. The molecule has 8 amide bonds. The molecule has 25 heteroatoms. The van der Waals surface area contributed by atoms with Crippen molar-refractivity contribution in [1.29, 1.82) is 0 Å². The summed E-state index contributed by atoms with van der Waals surface area (Å²) in [5.74, 6) is -7.42. The van der Waals surface area contributed by atoms with E-state index >= 15 is 14.4 Å².